The first kappa shape index (κ1) is 54.3. The monoisotopic (exact) mass is 797 g/mol. The predicted molar refractivity (Wildman–Crippen MR) is 231 cm³/mol. The van der Waals surface area contributed by atoms with Crippen molar-refractivity contribution < 1.29 is 38.4 Å². The molecular weight excluding hydrogens is 705 g/mol. The maximum Gasteiger partial charge on any atom is 0.308 e. The number of hydrogen-bond donors (Lipinski definition) is 1. The van der Waals surface area contributed by atoms with E-state index in [4.69, 9.17) is 18.9 Å². The van der Waals surface area contributed by atoms with Crippen LogP contribution in [0.1, 0.15) is 265 Å². The quantitative estimate of drug-likeness (QED) is 0.0369. The Bertz CT molecular complexity index is 809. The minimum absolute atomic E-state index is 0.145. The van der Waals surface area contributed by atoms with E-state index in [0.29, 0.717) is 19.3 Å². The number of aliphatic hydroxyl groups excluding tert-OH is 1. The maximum atomic E-state index is 12.7. The second kappa shape index (κ2) is 44.4. The lowest BCUT2D eigenvalue weighted by Crippen LogP contribution is -2.26. The largest absolute Gasteiger partial charge is 0.436 e. The van der Waals surface area contributed by atoms with Crippen LogP contribution in [0.3, 0.4) is 0 Å². The van der Waals surface area contributed by atoms with Crippen molar-refractivity contribution in [1.82, 2.24) is 0 Å². The van der Waals surface area contributed by atoms with E-state index >= 15 is 0 Å². The summed E-state index contributed by atoms with van der Waals surface area (Å²) in [5.41, 5.74) is 0. The normalized spacial score (nSPS) is 11.9. The van der Waals surface area contributed by atoms with Crippen molar-refractivity contribution in [2.75, 3.05) is 13.2 Å². The second-order valence-corrected chi connectivity index (χ2v) is 16.4. The lowest BCUT2D eigenvalue weighted by atomic mass is 10.1. The number of ether oxygens (including phenoxy) is 4. The summed E-state index contributed by atoms with van der Waals surface area (Å²) in [4.78, 5) is 37.6. The Morgan fingerprint density at radius 2 is 0.607 bits per heavy atom. The fourth-order valence-electron chi connectivity index (χ4n) is 7.09. The van der Waals surface area contributed by atoms with Gasteiger partial charge in [0.1, 0.15) is 0 Å². The Morgan fingerprint density at radius 3 is 0.911 bits per heavy atom. The van der Waals surface area contributed by atoms with Gasteiger partial charge < -0.3 is 24.1 Å². The van der Waals surface area contributed by atoms with Crippen LogP contribution in [0.5, 0.6) is 0 Å². The van der Waals surface area contributed by atoms with Crippen LogP contribution < -0.4 is 0 Å². The van der Waals surface area contributed by atoms with Crippen LogP contribution >= 0.6 is 0 Å². The standard InChI is InChI=1S/C48H92O8/c1-4-7-10-13-16-19-22-25-28-31-34-37-44(49)54-47(52)40-42-53-43-41-48(55-45(50)38-35-32-29-26-23-20-17-14-11-8-5-2)56-46(51)39-36-33-30-27-24-21-18-15-12-9-6-3/h47-48,52H,4-43H2,1-3H3. The van der Waals surface area contributed by atoms with Crippen LogP contribution in [0.15, 0.2) is 0 Å². The highest BCUT2D eigenvalue weighted by atomic mass is 16.7. The van der Waals surface area contributed by atoms with E-state index in [9.17, 15) is 19.5 Å². The van der Waals surface area contributed by atoms with Gasteiger partial charge in [0.05, 0.1) is 13.2 Å². The lowest BCUT2D eigenvalue weighted by molar-refractivity contribution is -0.191. The van der Waals surface area contributed by atoms with Crippen LogP contribution in [0, 0.1) is 0 Å². The Kier molecular flexibility index (Phi) is 43.1. The van der Waals surface area contributed by atoms with Crippen LogP contribution in [0.2, 0.25) is 0 Å². The highest BCUT2D eigenvalue weighted by Crippen LogP contribution is 2.16. The number of carbonyl (C=O) groups is 3. The molecule has 0 saturated heterocycles. The molecule has 0 radical (unpaired) electrons. The molecule has 8 nitrogen and oxygen atoms in total. The fourth-order valence-corrected chi connectivity index (χ4v) is 7.09. The molecule has 0 aromatic heterocycles. The molecule has 8 heteroatoms. The highest BCUT2D eigenvalue weighted by Gasteiger charge is 2.19. The molecule has 0 spiro atoms. The molecule has 0 bridgehead atoms. The number of unbranched alkanes of at least 4 members (excludes halogenated alkanes) is 30. The number of rotatable bonds is 45. The van der Waals surface area contributed by atoms with Crippen LogP contribution in [-0.4, -0.2) is 48.8 Å². The molecule has 332 valence electrons. The summed E-state index contributed by atoms with van der Waals surface area (Å²) in [5.74, 6) is -1.09. The van der Waals surface area contributed by atoms with Crippen LogP contribution in [-0.2, 0) is 33.3 Å². The van der Waals surface area contributed by atoms with Gasteiger partial charge in [0.15, 0.2) is 0 Å². The minimum atomic E-state index is -1.22. The van der Waals surface area contributed by atoms with E-state index in [1.807, 2.05) is 0 Å². The molecule has 0 heterocycles. The SMILES string of the molecule is CCCCCCCCCCCCCC(=O)OC(O)CCOCCC(OC(=O)CCCCCCCCCCCCC)OC(=O)CCCCCCCCCCCCC. The molecule has 1 N–H and O–H groups in total. The molecule has 0 aliphatic heterocycles. The molecule has 0 rings (SSSR count). The third kappa shape index (κ3) is 41.9. The van der Waals surface area contributed by atoms with Gasteiger partial charge in [-0.3, -0.25) is 14.4 Å². The smallest absolute Gasteiger partial charge is 0.308 e. The zero-order valence-corrected chi connectivity index (χ0v) is 37.2. The molecule has 0 aliphatic carbocycles. The van der Waals surface area contributed by atoms with Crippen LogP contribution in [0.4, 0.5) is 0 Å². The number of esters is 3. The molecule has 0 aromatic carbocycles. The van der Waals surface area contributed by atoms with Gasteiger partial charge in [-0.05, 0) is 19.3 Å². The van der Waals surface area contributed by atoms with E-state index in [2.05, 4.69) is 20.8 Å². The molecule has 0 saturated carbocycles. The average molecular weight is 797 g/mol. The summed E-state index contributed by atoms with van der Waals surface area (Å²) in [6.45, 7) is 7.08. The van der Waals surface area contributed by atoms with Gasteiger partial charge >= 0.3 is 17.9 Å². The topological polar surface area (TPSA) is 108 Å². The van der Waals surface area contributed by atoms with Gasteiger partial charge in [-0.15, -0.1) is 0 Å². The summed E-state index contributed by atoms with van der Waals surface area (Å²) in [5, 5.41) is 10.2. The van der Waals surface area contributed by atoms with Crippen molar-refractivity contribution >= 4 is 17.9 Å². The summed E-state index contributed by atoms with van der Waals surface area (Å²) < 4.78 is 22.0. The third-order valence-corrected chi connectivity index (χ3v) is 10.8. The number of hydrogen-bond acceptors (Lipinski definition) is 8. The summed E-state index contributed by atoms with van der Waals surface area (Å²) in [6, 6.07) is 0. The van der Waals surface area contributed by atoms with Gasteiger partial charge in [-0.25, -0.2) is 0 Å². The van der Waals surface area contributed by atoms with Gasteiger partial charge in [-0.2, -0.15) is 0 Å². The zero-order chi connectivity index (χ0) is 41.0. The number of carbonyl (C=O) groups excluding carboxylic acids is 3. The molecule has 0 amide bonds. The first-order valence-corrected chi connectivity index (χ1v) is 24.3. The van der Waals surface area contributed by atoms with Crippen molar-refractivity contribution in [2.45, 2.75) is 277 Å². The third-order valence-electron chi connectivity index (χ3n) is 10.8. The van der Waals surface area contributed by atoms with Gasteiger partial charge in [0, 0.05) is 32.1 Å². The fraction of sp³-hybridized carbons (Fsp3) is 0.938. The molecule has 1 unspecified atom stereocenters. The van der Waals surface area contributed by atoms with E-state index in [1.165, 1.54) is 154 Å². The lowest BCUT2D eigenvalue weighted by Gasteiger charge is -2.19. The van der Waals surface area contributed by atoms with E-state index in [1.54, 1.807) is 0 Å². The Morgan fingerprint density at radius 1 is 0.357 bits per heavy atom. The second-order valence-electron chi connectivity index (χ2n) is 16.4. The van der Waals surface area contributed by atoms with Gasteiger partial charge in [-0.1, -0.05) is 213 Å². The molecule has 0 fully saturated rings. The van der Waals surface area contributed by atoms with Crippen molar-refractivity contribution in [3.8, 4) is 0 Å². The Labute approximate surface area is 346 Å². The van der Waals surface area contributed by atoms with E-state index < -0.39 is 12.6 Å². The Hall–Kier alpha value is -1.67. The van der Waals surface area contributed by atoms with E-state index in [-0.39, 0.29) is 44.0 Å². The minimum Gasteiger partial charge on any atom is -0.436 e. The summed E-state index contributed by atoms with van der Waals surface area (Å²) in [7, 11) is 0. The molecule has 1 atom stereocenters. The van der Waals surface area contributed by atoms with E-state index in [0.717, 1.165) is 57.8 Å². The molecular formula is C48H92O8. The zero-order valence-electron chi connectivity index (χ0n) is 37.2. The van der Waals surface area contributed by atoms with Gasteiger partial charge in [0.2, 0.25) is 12.6 Å². The van der Waals surface area contributed by atoms with Crippen molar-refractivity contribution in [1.29, 1.82) is 0 Å². The average Bonchev–Trinajstić information content (AvgIpc) is 3.17. The van der Waals surface area contributed by atoms with Crippen molar-refractivity contribution in [2.24, 2.45) is 0 Å². The van der Waals surface area contributed by atoms with Gasteiger partial charge in [0.25, 0.3) is 0 Å². The summed E-state index contributed by atoms with van der Waals surface area (Å²) >= 11 is 0. The van der Waals surface area contributed by atoms with Crippen molar-refractivity contribution in [3.63, 3.8) is 0 Å². The van der Waals surface area contributed by atoms with Crippen molar-refractivity contribution in [3.05, 3.63) is 0 Å². The number of aliphatic hydroxyl groups is 1. The predicted octanol–water partition coefficient (Wildman–Crippen LogP) is 14.2. The first-order chi connectivity index (χ1) is 27.4. The first-order valence-electron chi connectivity index (χ1n) is 24.3. The summed E-state index contributed by atoms with van der Waals surface area (Å²) in [6.07, 6.45) is 38.9. The Balaban J connectivity index is 4.34. The maximum absolute atomic E-state index is 12.7. The molecule has 0 aromatic rings. The van der Waals surface area contributed by atoms with Crippen LogP contribution in [0.25, 0.3) is 0 Å². The molecule has 56 heavy (non-hydrogen) atoms. The molecule has 0 aliphatic rings. The highest BCUT2D eigenvalue weighted by molar-refractivity contribution is 5.71.